The Labute approximate surface area is 159 Å². The van der Waals surface area contributed by atoms with Gasteiger partial charge >= 0.3 is 6.18 Å². The largest absolute Gasteiger partial charge is 0.401 e. The molecular weight excluding hydrogens is 377 g/mol. The Hall–Kier alpha value is -2.46. The third kappa shape index (κ3) is 4.50. The molecule has 2 heterocycles. The van der Waals surface area contributed by atoms with E-state index in [1.807, 2.05) is 0 Å². The number of nitrogens with zero attached hydrogens (tertiary/aromatic N) is 2. The SMILES string of the molecule is NCCN(Cc1ccc2c(c1)C(=O)N(C1CCC(=O)NC1=O)C2)CC(F)(F)F. The molecule has 152 valence electrons. The number of carbonyl (C=O) groups excluding carboxylic acids is 3. The minimum absolute atomic E-state index is 0.00961. The normalized spacial score (nSPS) is 20.0. The number of hydrogen-bond donors (Lipinski definition) is 2. The molecule has 2 aliphatic heterocycles. The molecule has 2 aliphatic rings. The van der Waals surface area contributed by atoms with Crippen molar-refractivity contribution in [2.24, 2.45) is 5.73 Å². The summed E-state index contributed by atoms with van der Waals surface area (Å²) in [6, 6.07) is 4.23. The fourth-order valence-corrected chi connectivity index (χ4v) is 3.61. The second-order valence-electron chi connectivity index (χ2n) is 7.01. The zero-order chi connectivity index (χ0) is 20.5. The molecule has 1 saturated heterocycles. The van der Waals surface area contributed by atoms with Crippen molar-refractivity contribution in [2.45, 2.75) is 38.1 Å². The zero-order valence-electron chi connectivity index (χ0n) is 15.1. The van der Waals surface area contributed by atoms with Gasteiger partial charge in [-0.3, -0.25) is 24.6 Å². The van der Waals surface area contributed by atoms with Crippen molar-refractivity contribution in [3.05, 3.63) is 34.9 Å². The van der Waals surface area contributed by atoms with E-state index in [2.05, 4.69) is 5.32 Å². The number of carbonyl (C=O) groups is 3. The topological polar surface area (TPSA) is 95.7 Å². The van der Waals surface area contributed by atoms with Gasteiger partial charge in [-0.2, -0.15) is 13.2 Å². The number of benzene rings is 1. The molecule has 7 nitrogen and oxygen atoms in total. The summed E-state index contributed by atoms with van der Waals surface area (Å²) in [4.78, 5) is 38.7. The van der Waals surface area contributed by atoms with Crippen LogP contribution in [0.1, 0.15) is 34.3 Å². The standard InChI is InChI=1S/C18H21F3N4O3/c19-18(20,21)10-24(6-5-22)8-11-1-2-12-9-25(17(28)13(12)7-11)14-3-4-15(26)23-16(14)27/h1-2,7,14H,3-6,8-10,22H2,(H,23,26,27). The van der Waals surface area contributed by atoms with Crippen LogP contribution in [0, 0.1) is 0 Å². The number of imide groups is 1. The van der Waals surface area contributed by atoms with Crippen molar-refractivity contribution in [1.29, 1.82) is 0 Å². The zero-order valence-corrected chi connectivity index (χ0v) is 15.1. The molecule has 0 radical (unpaired) electrons. The van der Waals surface area contributed by atoms with Crippen molar-refractivity contribution in [3.63, 3.8) is 0 Å². The second-order valence-corrected chi connectivity index (χ2v) is 7.01. The molecular formula is C18H21F3N4O3. The molecule has 0 spiro atoms. The number of nitrogens with one attached hydrogen (secondary N) is 1. The van der Waals surface area contributed by atoms with Crippen molar-refractivity contribution in [2.75, 3.05) is 19.6 Å². The summed E-state index contributed by atoms with van der Waals surface area (Å²) in [6.45, 7) is -0.681. The lowest BCUT2D eigenvalue weighted by Crippen LogP contribution is -2.52. The van der Waals surface area contributed by atoms with E-state index < -0.39 is 24.7 Å². The van der Waals surface area contributed by atoms with E-state index in [0.29, 0.717) is 16.7 Å². The number of alkyl halides is 3. The van der Waals surface area contributed by atoms with Gasteiger partial charge in [-0.15, -0.1) is 0 Å². The maximum atomic E-state index is 12.8. The first-order valence-electron chi connectivity index (χ1n) is 8.93. The highest BCUT2D eigenvalue weighted by Gasteiger charge is 2.39. The molecule has 1 aromatic rings. The van der Waals surface area contributed by atoms with E-state index in [1.54, 1.807) is 18.2 Å². The average Bonchev–Trinajstić information content (AvgIpc) is 2.90. The molecule has 3 rings (SSSR count). The minimum Gasteiger partial charge on any atom is -0.329 e. The molecule has 3 amide bonds. The molecule has 1 fully saturated rings. The van der Waals surface area contributed by atoms with Gasteiger partial charge in [0.15, 0.2) is 0 Å². The fraction of sp³-hybridized carbons (Fsp3) is 0.500. The number of amides is 3. The number of rotatable bonds is 6. The van der Waals surface area contributed by atoms with E-state index in [-0.39, 0.29) is 50.8 Å². The first-order chi connectivity index (χ1) is 13.2. The van der Waals surface area contributed by atoms with Gasteiger partial charge in [0.2, 0.25) is 11.8 Å². The van der Waals surface area contributed by atoms with Gasteiger partial charge < -0.3 is 10.6 Å². The molecule has 1 atom stereocenters. The molecule has 1 unspecified atom stereocenters. The van der Waals surface area contributed by atoms with Crippen LogP contribution in [0.3, 0.4) is 0 Å². The first-order valence-corrected chi connectivity index (χ1v) is 8.93. The monoisotopic (exact) mass is 398 g/mol. The highest BCUT2D eigenvalue weighted by molar-refractivity contribution is 6.05. The summed E-state index contributed by atoms with van der Waals surface area (Å²) < 4.78 is 38.2. The van der Waals surface area contributed by atoms with Gasteiger partial charge in [0.05, 0.1) is 6.54 Å². The van der Waals surface area contributed by atoms with Gasteiger partial charge in [-0.25, -0.2) is 0 Å². The highest BCUT2D eigenvalue weighted by atomic mass is 19.4. The van der Waals surface area contributed by atoms with Crippen LogP contribution in [0.25, 0.3) is 0 Å². The Morgan fingerprint density at radius 2 is 2.00 bits per heavy atom. The Balaban J connectivity index is 1.74. The van der Waals surface area contributed by atoms with Crippen LogP contribution >= 0.6 is 0 Å². The quantitative estimate of drug-likeness (QED) is 0.691. The van der Waals surface area contributed by atoms with E-state index in [1.165, 1.54) is 9.80 Å². The molecule has 10 heteroatoms. The summed E-state index contributed by atoms with van der Waals surface area (Å²) >= 11 is 0. The third-order valence-corrected chi connectivity index (χ3v) is 4.85. The number of halogens is 3. The Bertz CT molecular complexity index is 797. The van der Waals surface area contributed by atoms with Crippen molar-refractivity contribution in [1.82, 2.24) is 15.1 Å². The van der Waals surface area contributed by atoms with Gasteiger partial charge in [-0.1, -0.05) is 12.1 Å². The van der Waals surface area contributed by atoms with Crippen LogP contribution < -0.4 is 11.1 Å². The fourth-order valence-electron chi connectivity index (χ4n) is 3.61. The summed E-state index contributed by atoms with van der Waals surface area (Å²) in [6.07, 6.45) is -3.93. The molecule has 1 aromatic carbocycles. The smallest absolute Gasteiger partial charge is 0.329 e. The predicted molar refractivity (Wildman–Crippen MR) is 92.9 cm³/mol. The molecule has 0 aliphatic carbocycles. The van der Waals surface area contributed by atoms with Crippen molar-refractivity contribution >= 4 is 17.7 Å². The highest BCUT2D eigenvalue weighted by Crippen LogP contribution is 2.28. The Morgan fingerprint density at radius 3 is 2.64 bits per heavy atom. The van der Waals surface area contributed by atoms with E-state index in [4.69, 9.17) is 5.73 Å². The molecule has 28 heavy (non-hydrogen) atoms. The lowest BCUT2D eigenvalue weighted by Gasteiger charge is -2.29. The van der Waals surface area contributed by atoms with Crippen molar-refractivity contribution in [3.8, 4) is 0 Å². The summed E-state index contributed by atoms with van der Waals surface area (Å²) in [5.41, 5.74) is 7.06. The number of piperidine rings is 1. The van der Waals surface area contributed by atoms with Crippen LogP contribution in [0.4, 0.5) is 13.2 Å². The lowest BCUT2D eigenvalue weighted by atomic mass is 10.0. The van der Waals surface area contributed by atoms with Gasteiger partial charge in [0, 0.05) is 38.2 Å². The summed E-state index contributed by atoms with van der Waals surface area (Å²) in [5, 5.41) is 2.23. The van der Waals surface area contributed by atoms with E-state index in [0.717, 1.165) is 0 Å². The third-order valence-electron chi connectivity index (χ3n) is 4.85. The second kappa shape index (κ2) is 7.88. The maximum absolute atomic E-state index is 12.8. The lowest BCUT2D eigenvalue weighted by molar-refractivity contribution is -0.146. The minimum atomic E-state index is -4.34. The Morgan fingerprint density at radius 1 is 1.25 bits per heavy atom. The average molecular weight is 398 g/mol. The van der Waals surface area contributed by atoms with Crippen LogP contribution in [-0.2, 0) is 22.7 Å². The van der Waals surface area contributed by atoms with Gasteiger partial charge in [0.1, 0.15) is 6.04 Å². The summed E-state index contributed by atoms with van der Waals surface area (Å²) in [7, 11) is 0. The summed E-state index contributed by atoms with van der Waals surface area (Å²) in [5.74, 6) is -1.22. The number of fused-ring (bicyclic) bond motifs is 1. The molecule has 0 saturated carbocycles. The van der Waals surface area contributed by atoms with E-state index in [9.17, 15) is 27.6 Å². The number of nitrogens with two attached hydrogens (primary N) is 1. The van der Waals surface area contributed by atoms with Gasteiger partial charge in [-0.05, 0) is 23.6 Å². The first kappa shape index (κ1) is 20.3. The van der Waals surface area contributed by atoms with Gasteiger partial charge in [0.25, 0.3) is 5.91 Å². The Kier molecular flexibility index (Phi) is 5.71. The molecule has 3 N–H and O–H groups in total. The van der Waals surface area contributed by atoms with Crippen LogP contribution in [-0.4, -0.2) is 59.4 Å². The molecule has 0 bridgehead atoms. The molecule has 0 aromatic heterocycles. The van der Waals surface area contributed by atoms with Crippen LogP contribution in [0.5, 0.6) is 0 Å². The van der Waals surface area contributed by atoms with Crippen LogP contribution in [0.2, 0.25) is 0 Å². The van der Waals surface area contributed by atoms with Crippen LogP contribution in [0.15, 0.2) is 18.2 Å². The van der Waals surface area contributed by atoms with E-state index >= 15 is 0 Å². The number of hydrogen-bond acceptors (Lipinski definition) is 5. The predicted octanol–water partition coefficient (Wildman–Crippen LogP) is 0.771. The maximum Gasteiger partial charge on any atom is 0.401 e. The van der Waals surface area contributed by atoms with Crippen molar-refractivity contribution < 1.29 is 27.6 Å².